The Morgan fingerprint density at radius 1 is 1.11 bits per heavy atom. The van der Waals surface area contributed by atoms with Crippen LogP contribution in [0, 0.1) is 16.7 Å². The molecule has 1 amide bonds. The lowest BCUT2D eigenvalue weighted by Gasteiger charge is -2.39. The lowest BCUT2D eigenvalue weighted by atomic mass is 9.69. The van der Waals surface area contributed by atoms with Gasteiger partial charge in [0.2, 0.25) is 5.91 Å². The molecule has 0 aromatic heterocycles. The van der Waals surface area contributed by atoms with Gasteiger partial charge in [-0.05, 0) is 36.5 Å². The number of carbonyl (C=O) groups is 1. The fraction of sp³-hybridized carbons (Fsp3) is 0.933. The third-order valence-corrected chi connectivity index (χ3v) is 4.88. The zero-order chi connectivity index (χ0) is 14.0. The van der Waals surface area contributed by atoms with Crippen LogP contribution in [0.4, 0.5) is 0 Å². The molecule has 0 aromatic carbocycles. The van der Waals surface area contributed by atoms with Crippen molar-refractivity contribution in [3.8, 4) is 0 Å². The van der Waals surface area contributed by atoms with E-state index in [1.807, 2.05) is 0 Å². The van der Waals surface area contributed by atoms with E-state index in [1.54, 1.807) is 0 Å². The second kappa shape index (κ2) is 5.60. The van der Waals surface area contributed by atoms with Gasteiger partial charge in [0.15, 0.2) is 0 Å². The molecule has 0 aromatic rings. The Hall–Kier alpha value is -0.570. The first-order valence-corrected chi connectivity index (χ1v) is 7.17. The summed E-state index contributed by atoms with van der Waals surface area (Å²) in [6.45, 7) is 11.8. The van der Waals surface area contributed by atoms with Crippen LogP contribution >= 0.6 is 0 Å². The van der Waals surface area contributed by atoms with Gasteiger partial charge in [-0.25, -0.2) is 0 Å². The van der Waals surface area contributed by atoms with E-state index in [-0.39, 0.29) is 22.7 Å². The van der Waals surface area contributed by atoms with Crippen molar-refractivity contribution in [2.45, 2.75) is 66.3 Å². The monoisotopic (exact) mass is 254 g/mol. The predicted molar refractivity (Wildman–Crippen MR) is 76.2 cm³/mol. The third kappa shape index (κ3) is 3.98. The van der Waals surface area contributed by atoms with Gasteiger partial charge in [0.25, 0.3) is 0 Å². The van der Waals surface area contributed by atoms with E-state index in [0.29, 0.717) is 6.04 Å². The van der Waals surface area contributed by atoms with Crippen LogP contribution in [0.5, 0.6) is 0 Å². The molecule has 0 heterocycles. The highest BCUT2D eigenvalue weighted by Crippen LogP contribution is 2.37. The number of carbonyl (C=O) groups excluding carboxylic acids is 1. The summed E-state index contributed by atoms with van der Waals surface area (Å²) >= 11 is 0. The SMILES string of the molecule is CC(C)(C)C(C)(C)CNC(=O)C1CCC(N)CC1. The van der Waals surface area contributed by atoms with Crippen molar-refractivity contribution in [1.29, 1.82) is 0 Å². The normalized spacial score (nSPS) is 25.9. The minimum absolute atomic E-state index is 0.105. The average molecular weight is 254 g/mol. The van der Waals surface area contributed by atoms with Gasteiger partial charge in [0.1, 0.15) is 0 Å². The van der Waals surface area contributed by atoms with Crippen LogP contribution in [0.1, 0.15) is 60.3 Å². The van der Waals surface area contributed by atoms with Gasteiger partial charge in [-0.2, -0.15) is 0 Å². The number of nitrogens with two attached hydrogens (primary N) is 1. The van der Waals surface area contributed by atoms with Crippen molar-refractivity contribution in [3.05, 3.63) is 0 Å². The average Bonchev–Trinajstić information content (AvgIpc) is 2.25. The lowest BCUT2D eigenvalue weighted by molar-refractivity contribution is -0.126. The summed E-state index contributed by atoms with van der Waals surface area (Å²) in [7, 11) is 0. The Bertz CT molecular complexity index is 283. The maximum absolute atomic E-state index is 12.1. The van der Waals surface area contributed by atoms with Crippen LogP contribution in [-0.4, -0.2) is 18.5 Å². The lowest BCUT2D eigenvalue weighted by Crippen LogP contribution is -2.44. The van der Waals surface area contributed by atoms with Crippen molar-refractivity contribution in [2.75, 3.05) is 6.54 Å². The van der Waals surface area contributed by atoms with E-state index in [2.05, 4.69) is 39.9 Å². The number of amides is 1. The molecule has 18 heavy (non-hydrogen) atoms. The Morgan fingerprint density at radius 3 is 2.06 bits per heavy atom. The molecule has 0 spiro atoms. The molecule has 1 aliphatic rings. The van der Waals surface area contributed by atoms with Crippen LogP contribution in [0.25, 0.3) is 0 Å². The first-order valence-electron chi connectivity index (χ1n) is 7.17. The number of nitrogens with one attached hydrogen (secondary N) is 1. The molecule has 3 N–H and O–H groups in total. The first-order chi connectivity index (χ1) is 8.13. The zero-order valence-electron chi connectivity index (χ0n) is 12.7. The number of hydrogen-bond acceptors (Lipinski definition) is 2. The summed E-state index contributed by atoms with van der Waals surface area (Å²) in [5.74, 6) is 0.403. The fourth-order valence-electron chi connectivity index (χ4n) is 2.10. The molecule has 3 nitrogen and oxygen atoms in total. The molecule has 0 saturated heterocycles. The van der Waals surface area contributed by atoms with Gasteiger partial charge in [-0.1, -0.05) is 34.6 Å². The number of hydrogen-bond donors (Lipinski definition) is 2. The molecule has 1 aliphatic carbocycles. The first kappa shape index (κ1) is 15.5. The summed E-state index contributed by atoms with van der Waals surface area (Å²) in [6.07, 6.45) is 3.87. The highest BCUT2D eigenvalue weighted by atomic mass is 16.1. The molecule has 0 radical (unpaired) electrons. The van der Waals surface area contributed by atoms with Gasteiger partial charge in [0, 0.05) is 18.5 Å². The quantitative estimate of drug-likeness (QED) is 0.813. The molecule has 0 bridgehead atoms. The highest BCUT2D eigenvalue weighted by molar-refractivity contribution is 5.78. The van der Waals surface area contributed by atoms with E-state index in [4.69, 9.17) is 5.73 Å². The van der Waals surface area contributed by atoms with Crippen molar-refractivity contribution in [1.82, 2.24) is 5.32 Å². The standard InChI is InChI=1S/C15H30N2O/c1-14(2,3)15(4,5)10-17-13(18)11-6-8-12(16)9-7-11/h11-12H,6-10,16H2,1-5H3,(H,17,18). The van der Waals surface area contributed by atoms with E-state index in [1.165, 1.54) is 0 Å². The van der Waals surface area contributed by atoms with Crippen molar-refractivity contribution in [3.63, 3.8) is 0 Å². The van der Waals surface area contributed by atoms with Crippen molar-refractivity contribution in [2.24, 2.45) is 22.5 Å². The van der Waals surface area contributed by atoms with Gasteiger partial charge in [0.05, 0.1) is 0 Å². The molecule has 3 heteroatoms. The van der Waals surface area contributed by atoms with Crippen molar-refractivity contribution < 1.29 is 4.79 Å². The van der Waals surface area contributed by atoms with Crippen LogP contribution in [-0.2, 0) is 4.79 Å². The molecular formula is C15H30N2O. The summed E-state index contributed by atoms with van der Waals surface area (Å²) in [4.78, 5) is 12.1. The van der Waals surface area contributed by atoms with Crippen LogP contribution in [0.3, 0.4) is 0 Å². The van der Waals surface area contributed by atoms with Crippen LogP contribution < -0.4 is 11.1 Å². The van der Waals surface area contributed by atoms with Gasteiger partial charge in [-0.3, -0.25) is 4.79 Å². The second-order valence-electron chi connectivity index (χ2n) is 7.46. The smallest absolute Gasteiger partial charge is 0.223 e. The Balaban J connectivity index is 2.42. The van der Waals surface area contributed by atoms with Crippen LogP contribution in [0.2, 0.25) is 0 Å². The third-order valence-electron chi connectivity index (χ3n) is 4.88. The number of rotatable bonds is 3. The maximum atomic E-state index is 12.1. The highest BCUT2D eigenvalue weighted by Gasteiger charge is 2.34. The Morgan fingerprint density at radius 2 is 1.61 bits per heavy atom. The fourth-order valence-corrected chi connectivity index (χ4v) is 2.10. The molecular weight excluding hydrogens is 224 g/mol. The van der Waals surface area contributed by atoms with E-state index >= 15 is 0 Å². The molecule has 0 unspecified atom stereocenters. The largest absolute Gasteiger partial charge is 0.355 e. The maximum Gasteiger partial charge on any atom is 0.223 e. The molecule has 1 fully saturated rings. The molecule has 0 aliphatic heterocycles. The van der Waals surface area contributed by atoms with Crippen molar-refractivity contribution >= 4 is 5.91 Å². The predicted octanol–water partition coefficient (Wildman–Crippen LogP) is 2.69. The van der Waals surface area contributed by atoms with Gasteiger partial charge >= 0.3 is 0 Å². The van der Waals surface area contributed by atoms with Gasteiger partial charge < -0.3 is 11.1 Å². The van der Waals surface area contributed by atoms with E-state index in [9.17, 15) is 4.79 Å². The Labute approximate surface area is 112 Å². The second-order valence-corrected chi connectivity index (χ2v) is 7.46. The molecule has 1 saturated carbocycles. The molecule has 106 valence electrons. The summed E-state index contributed by atoms with van der Waals surface area (Å²) in [5, 5.41) is 3.13. The summed E-state index contributed by atoms with van der Waals surface area (Å²) < 4.78 is 0. The van der Waals surface area contributed by atoms with E-state index in [0.717, 1.165) is 32.2 Å². The summed E-state index contributed by atoms with van der Waals surface area (Å²) in [5.41, 5.74) is 6.16. The summed E-state index contributed by atoms with van der Waals surface area (Å²) in [6, 6.07) is 0.306. The van der Waals surface area contributed by atoms with Gasteiger partial charge in [-0.15, -0.1) is 0 Å². The minimum atomic E-state index is 0.105. The molecule has 0 atom stereocenters. The zero-order valence-corrected chi connectivity index (χ0v) is 12.7. The van der Waals surface area contributed by atoms with E-state index < -0.39 is 0 Å². The topological polar surface area (TPSA) is 55.1 Å². The molecule has 1 rings (SSSR count). The minimum Gasteiger partial charge on any atom is -0.355 e. The van der Waals surface area contributed by atoms with Crippen LogP contribution in [0.15, 0.2) is 0 Å². The Kier molecular flexibility index (Phi) is 4.82.